The lowest BCUT2D eigenvalue weighted by Crippen LogP contribution is -2.26. The van der Waals surface area contributed by atoms with Crippen LogP contribution in [0.1, 0.15) is 19.8 Å². The van der Waals surface area contributed by atoms with Crippen LogP contribution in [0.25, 0.3) is 0 Å². The van der Waals surface area contributed by atoms with E-state index in [4.69, 9.17) is 9.47 Å². The average molecular weight is 297 g/mol. The summed E-state index contributed by atoms with van der Waals surface area (Å²) in [4.78, 5) is 11.4. The fraction of sp³-hybridized carbons (Fsp3) is 0.533. The molecule has 1 aromatic carbocycles. The number of methoxy groups -OCH3 is 1. The molecule has 0 aliphatic rings. The van der Waals surface area contributed by atoms with E-state index in [1.54, 1.807) is 18.9 Å². The Balaban J connectivity index is 2.05. The quantitative estimate of drug-likeness (QED) is 0.675. The summed E-state index contributed by atoms with van der Waals surface area (Å²) in [7, 11) is 1.64. The predicted molar refractivity (Wildman–Crippen MR) is 83.7 cm³/mol. The van der Waals surface area contributed by atoms with Gasteiger partial charge in [0.05, 0.1) is 19.5 Å². The van der Waals surface area contributed by atoms with Crippen molar-refractivity contribution in [1.82, 2.24) is 5.32 Å². The molecule has 0 saturated heterocycles. The van der Waals surface area contributed by atoms with Crippen molar-refractivity contribution in [2.75, 3.05) is 31.8 Å². The Morgan fingerprint density at radius 1 is 1.25 bits per heavy atom. The van der Waals surface area contributed by atoms with Crippen LogP contribution in [0.15, 0.2) is 24.3 Å². The van der Waals surface area contributed by atoms with Gasteiger partial charge in [-0.2, -0.15) is 0 Å². The molecule has 1 aromatic rings. The zero-order valence-electron chi connectivity index (χ0n) is 12.2. The van der Waals surface area contributed by atoms with Gasteiger partial charge in [-0.05, 0) is 30.7 Å². The fourth-order valence-corrected chi connectivity index (χ4v) is 2.14. The molecule has 20 heavy (non-hydrogen) atoms. The minimum absolute atomic E-state index is 0.105. The second-order valence-corrected chi connectivity index (χ2v) is 5.39. The second kappa shape index (κ2) is 10.4. The minimum atomic E-state index is 0.105. The van der Waals surface area contributed by atoms with Gasteiger partial charge in [-0.1, -0.05) is 13.3 Å². The lowest BCUT2D eigenvalue weighted by atomic mass is 10.3. The van der Waals surface area contributed by atoms with E-state index >= 15 is 0 Å². The Morgan fingerprint density at radius 3 is 2.60 bits per heavy atom. The van der Waals surface area contributed by atoms with Gasteiger partial charge in [-0.25, -0.2) is 0 Å². The molecule has 112 valence electrons. The van der Waals surface area contributed by atoms with Crippen molar-refractivity contribution in [3.63, 3.8) is 0 Å². The van der Waals surface area contributed by atoms with Crippen LogP contribution >= 0.6 is 11.8 Å². The summed E-state index contributed by atoms with van der Waals surface area (Å²) < 4.78 is 10.7. The number of rotatable bonds is 10. The average Bonchev–Trinajstić information content (AvgIpc) is 2.48. The molecule has 1 N–H and O–H groups in total. The van der Waals surface area contributed by atoms with Crippen LogP contribution in [0.4, 0.5) is 0 Å². The summed E-state index contributed by atoms with van der Waals surface area (Å²) in [5.74, 6) is 3.03. The molecule has 0 heterocycles. The number of amides is 1. The van der Waals surface area contributed by atoms with Crippen LogP contribution in [0.5, 0.6) is 11.5 Å². The van der Waals surface area contributed by atoms with E-state index in [0.717, 1.165) is 36.6 Å². The van der Waals surface area contributed by atoms with Crippen molar-refractivity contribution in [1.29, 1.82) is 0 Å². The molecule has 5 heteroatoms. The van der Waals surface area contributed by atoms with E-state index < -0.39 is 0 Å². The van der Waals surface area contributed by atoms with Crippen LogP contribution in [0.3, 0.4) is 0 Å². The summed E-state index contributed by atoms with van der Waals surface area (Å²) in [6, 6.07) is 7.48. The van der Waals surface area contributed by atoms with E-state index in [2.05, 4.69) is 12.2 Å². The van der Waals surface area contributed by atoms with Gasteiger partial charge in [0.2, 0.25) is 5.91 Å². The highest BCUT2D eigenvalue weighted by molar-refractivity contribution is 7.99. The van der Waals surface area contributed by atoms with Crippen LogP contribution < -0.4 is 14.8 Å². The maximum absolute atomic E-state index is 11.4. The number of hydrogen-bond donors (Lipinski definition) is 1. The first-order valence-corrected chi connectivity index (χ1v) is 8.03. The number of carbonyl (C=O) groups excluding carboxylic acids is 1. The van der Waals surface area contributed by atoms with Gasteiger partial charge in [0.1, 0.15) is 11.5 Å². The molecule has 0 atom stereocenters. The molecule has 4 nitrogen and oxygen atoms in total. The first kappa shape index (κ1) is 16.7. The number of unbranched alkanes of at least 4 members (excludes halogenated alkanes) is 1. The number of nitrogens with one attached hydrogen (secondary N) is 1. The molecule has 0 saturated carbocycles. The lowest BCUT2D eigenvalue weighted by Gasteiger charge is -2.07. The highest BCUT2D eigenvalue weighted by Gasteiger charge is 2.00. The maximum atomic E-state index is 11.4. The zero-order valence-corrected chi connectivity index (χ0v) is 13.0. The number of thioether (sulfide) groups is 1. The number of benzene rings is 1. The third-order valence-corrected chi connectivity index (χ3v) is 3.56. The van der Waals surface area contributed by atoms with Crippen molar-refractivity contribution in [2.24, 2.45) is 0 Å². The standard InChI is InChI=1S/C15H23NO3S/c1-3-4-9-16-15(17)12-20-11-10-19-14-7-5-13(18-2)6-8-14/h5-8H,3-4,9-12H2,1-2H3,(H,16,17). The molecular formula is C15H23NO3S. The monoisotopic (exact) mass is 297 g/mol. The van der Waals surface area contributed by atoms with E-state index in [1.807, 2.05) is 24.3 Å². The Kier molecular flexibility index (Phi) is 8.71. The third kappa shape index (κ3) is 7.28. The van der Waals surface area contributed by atoms with Crippen molar-refractivity contribution in [3.05, 3.63) is 24.3 Å². The molecule has 1 amide bonds. The molecular weight excluding hydrogens is 274 g/mol. The van der Waals surface area contributed by atoms with Crippen LogP contribution in [0, 0.1) is 0 Å². The molecule has 0 radical (unpaired) electrons. The smallest absolute Gasteiger partial charge is 0.229 e. The Labute approximate surface area is 125 Å². The summed E-state index contributed by atoms with van der Waals surface area (Å²) in [5, 5.41) is 2.89. The Morgan fingerprint density at radius 2 is 1.95 bits per heavy atom. The first-order chi connectivity index (χ1) is 9.76. The largest absolute Gasteiger partial charge is 0.497 e. The Hall–Kier alpha value is -1.36. The molecule has 0 aromatic heterocycles. The highest BCUT2D eigenvalue weighted by Crippen LogP contribution is 2.17. The molecule has 0 aliphatic heterocycles. The fourth-order valence-electron chi connectivity index (χ4n) is 1.51. The van der Waals surface area contributed by atoms with Gasteiger partial charge < -0.3 is 14.8 Å². The van der Waals surface area contributed by atoms with E-state index in [-0.39, 0.29) is 5.91 Å². The van der Waals surface area contributed by atoms with Gasteiger partial charge in [0, 0.05) is 12.3 Å². The molecule has 0 spiro atoms. The van der Waals surface area contributed by atoms with Crippen LogP contribution in [-0.2, 0) is 4.79 Å². The second-order valence-electron chi connectivity index (χ2n) is 4.28. The van der Waals surface area contributed by atoms with Crippen molar-refractivity contribution in [2.45, 2.75) is 19.8 Å². The lowest BCUT2D eigenvalue weighted by molar-refractivity contribution is -0.118. The zero-order chi connectivity index (χ0) is 14.6. The van der Waals surface area contributed by atoms with E-state index in [1.165, 1.54) is 0 Å². The first-order valence-electron chi connectivity index (χ1n) is 6.87. The SMILES string of the molecule is CCCCNC(=O)CSCCOc1ccc(OC)cc1. The maximum Gasteiger partial charge on any atom is 0.229 e. The molecule has 0 fully saturated rings. The molecule has 1 rings (SSSR count). The summed E-state index contributed by atoms with van der Waals surface area (Å²) >= 11 is 1.58. The predicted octanol–water partition coefficient (Wildman–Crippen LogP) is 2.72. The van der Waals surface area contributed by atoms with Crippen molar-refractivity contribution >= 4 is 17.7 Å². The normalized spacial score (nSPS) is 10.1. The van der Waals surface area contributed by atoms with E-state index in [9.17, 15) is 4.79 Å². The summed E-state index contributed by atoms with van der Waals surface area (Å²) in [6.07, 6.45) is 2.14. The molecule has 0 aliphatic carbocycles. The van der Waals surface area contributed by atoms with Crippen LogP contribution in [0.2, 0.25) is 0 Å². The summed E-state index contributed by atoms with van der Waals surface area (Å²) in [5.41, 5.74) is 0. The van der Waals surface area contributed by atoms with Crippen molar-refractivity contribution in [3.8, 4) is 11.5 Å². The van der Waals surface area contributed by atoms with Gasteiger partial charge in [0.15, 0.2) is 0 Å². The number of ether oxygens (including phenoxy) is 2. The summed E-state index contributed by atoms with van der Waals surface area (Å²) in [6.45, 7) is 3.48. The third-order valence-electron chi connectivity index (χ3n) is 2.64. The van der Waals surface area contributed by atoms with Crippen molar-refractivity contribution < 1.29 is 14.3 Å². The van der Waals surface area contributed by atoms with Crippen LogP contribution in [-0.4, -0.2) is 37.7 Å². The van der Waals surface area contributed by atoms with E-state index in [0.29, 0.717) is 12.4 Å². The molecule has 0 bridgehead atoms. The Bertz CT molecular complexity index is 381. The van der Waals surface area contributed by atoms with Gasteiger partial charge >= 0.3 is 0 Å². The number of carbonyl (C=O) groups is 1. The minimum Gasteiger partial charge on any atom is -0.497 e. The molecule has 0 unspecified atom stereocenters. The topological polar surface area (TPSA) is 47.6 Å². The van der Waals surface area contributed by atoms with Gasteiger partial charge in [0.25, 0.3) is 0 Å². The van der Waals surface area contributed by atoms with Gasteiger partial charge in [-0.3, -0.25) is 4.79 Å². The number of hydrogen-bond acceptors (Lipinski definition) is 4. The highest BCUT2D eigenvalue weighted by atomic mass is 32.2. The van der Waals surface area contributed by atoms with Gasteiger partial charge in [-0.15, -0.1) is 11.8 Å².